The van der Waals surface area contributed by atoms with Crippen molar-refractivity contribution in [2.75, 3.05) is 13.7 Å². The predicted molar refractivity (Wildman–Crippen MR) is 60.3 cm³/mol. The van der Waals surface area contributed by atoms with E-state index in [-0.39, 0.29) is 0 Å². The van der Waals surface area contributed by atoms with E-state index in [2.05, 4.69) is 6.92 Å². The summed E-state index contributed by atoms with van der Waals surface area (Å²) >= 11 is 0. The van der Waals surface area contributed by atoms with Crippen LogP contribution in [0.5, 0.6) is 0 Å². The number of hydrogen-bond acceptors (Lipinski definition) is 2. The summed E-state index contributed by atoms with van der Waals surface area (Å²) in [6.45, 7) is 3.15. The van der Waals surface area contributed by atoms with E-state index in [1.165, 1.54) is 32.1 Å². The van der Waals surface area contributed by atoms with E-state index in [4.69, 9.17) is 10.5 Å². The average molecular weight is 199 g/mol. The van der Waals surface area contributed by atoms with E-state index < -0.39 is 0 Å². The minimum atomic E-state index is 0.394. The van der Waals surface area contributed by atoms with Crippen LogP contribution >= 0.6 is 0 Å². The van der Waals surface area contributed by atoms with Crippen molar-refractivity contribution >= 4 is 0 Å². The van der Waals surface area contributed by atoms with Crippen molar-refractivity contribution in [1.82, 2.24) is 0 Å². The Kier molecular flexibility index (Phi) is 4.90. The molecule has 1 unspecified atom stereocenters. The van der Waals surface area contributed by atoms with Crippen LogP contribution in [0, 0.1) is 5.41 Å². The lowest BCUT2D eigenvalue weighted by Gasteiger charge is -2.34. The average Bonchev–Trinajstić information content (AvgIpc) is 2.67. The topological polar surface area (TPSA) is 35.2 Å². The van der Waals surface area contributed by atoms with E-state index >= 15 is 0 Å². The second-order valence-corrected chi connectivity index (χ2v) is 4.66. The van der Waals surface area contributed by atoms with E-state index in [0.29, 0.717) is 11.5 Å². The minimum absolute atomic E-state index is 0.394. The maximum Gasteiger partial charge on any atom is 0.0462 e. The molecule has 0 spiro atoms. The van der Waals surface area contributed by atoms with Crippen LogP contribution in [0.25, 0.3) is 0 Å². The van der Waals surface area contributed by atoms with Gasteiger partial charge in [-0.3, -0.25) is 0 Å². The lowest BCUT2D eigenvalue weighted by Crippen LogP contribution is -2.39. The SMILES string of the molecule is CCC1(C(N)CCCOC)CCCC1. The number of hydrogen-bond donors (Lipinski definition) is 1. The molecular weight excluding hydrogens is 174 g/mol. The van der Waals surface area contributed by atoms with Crippen LogP contribution in [0.2, 0.25) is 0 Å². The molecule has 1 rings (SSSR count). The third kappa shape index (κ3) is 2.71. The first-order valence-electron chi connectivity index (χ1n) is 5.99. The van der Waals surface area contributed by atoms with Crippen LogP contribution < -0.4 is 5.73 Å². The molecule has 84 valence electrons. The van der Waals surface area contributed by atoms with Gasteiger partial charge in [0.05, 0.1) is 0 Å². The first-order chi connectivity index (χ1) is 6.75. The molecule has 0 bridgehead atoms. The third-order valence-electron chi connectivity index (χ3n) is 3.95. The fraction of sp³-hybridized carbons (Fsp3) is 1.00. The Hall–Kier alpha value is -0.0800. The van der Waals surface area contributed by atoms with Gasteiger partial charge in [-0.15, -0.1) is 0 Å². The lowest BCUT2D eigenvalue weighted by atomic mass is 9.75. The Bertz CT molecular complexity index is 152. The van der Waals surface area contributed by atoms with Gasteiger partial charge in [0.25, 0.3) is 0 Å². The molecule has 2 heteroatoms. The van der Waals surface area contributed by atoms with Crippen molar-refractivity contribution in [3.8, 4) is 0 Å². The Morgan fingerprint density at radius 2 is 2.00 bits per heavy atom. The van der Waals surface area contributed by atoms with Crippen molar-refractivity contribution in [3.05, 3.63) is 0 Å². The summed E-state index contributed by atoms with van der Waals surface area (Å²) in [5, 5.41) is 0. The Morgan fingerprint density at radius 1 is 1.36 bits per heavy atom. The highest BCUT2D eigenvalue weighted by Gasteiger charge is 2.37. The number of methoxy groups -OCH3 is 1. The molecule has 0 aliphatic heterocycles. The molecule has 14 heavy (non-hydrogen) atoms. The normalized spacial score (nSPS) is 22.5. The molecule has 0 aromatic carbocycles. The van der Waals surface area contributed by atoms with Gasteiger partial charge in [0.15, 0.2) is 0 Å². The van der Waals surface area contributed by atoms with Gasteiger partial charge in [0.1, 0.15) is 0 Å². The van der Waals surface area contributed by atoms with Crippen molar-refractivity contribution in [2.45, 2.75) is 57.9 Å². The second kappa shape index (κ2) is 5.72. The van der Waals surface area contributed by atoms with E-state index in [1.807, 2.05) is 0 Å². The van der Waals surface area contributed by atoms with Gasteiger partial charge >= 0.3 is 0 Å². The van der Waals surface area contributed by atoms with Crippen LogP contribution in [-0.2, 0) is 4.74 Å². The summed E-state index contributed by atoms with van der Waals surface area (Å²) < 4.78 is 5.07. The Morgan fingerprint density at radius 3 is 2.50 bits per heavy atom. The van der Waals surface area contributed by atoms with Crippen LogP contribution in [0.1, 0.15) is 51.9 Å². The zero-order valence-electron chi connectivity index (χ0n) is 9.72. The third-order valence-corrected chi connectivity index (χ3v) is 3.95. The van der Waals surface area contributed by atoms with Crippen LogP contribution in [0.4, 0.5) is 0 Å². The van der Waals surface area contributed by atoms with Crippen molar-refractivity contribution in [2.24, 2.45) is 11.1 Å². The zero-order valence-corrected chi connectivity index (χ0v) is 9.72. The molecule has 0 amide bonds. The molecule has 0 heterocycles. The molecule has 1 saturated carbocycles. The lowest BCUT2D eigenvalue weighted by molar-refractivity contribution is 0.165. The fourth-order valence-electron chi connectivity index (χ4n) is 2.82. The summed E-state index contributed by atoms with van der Waals surface area (Å²) in [6, 6.07) is 0.394. The molecule has 0 aromatic heterocycles. The maximum absolute atomic E-state index is 6.31. The summed E-state index contributed by atoms with van der Waals surface area (Å²) in [7, 11) is 1.76. The second-order valence-electron chi connectivity index (χ2n) is 4.66. The number of ether oxygens (including phenoxy) is 1. The van der Waals surface area contributed by atoms with E-state index in [0.717, 1.165) is 19.4 Å². The number of rotatable bonds is 6. The van der Waals surface area contributed by atoms with Crippen molar-refractivity contribution in [3.63, 3.8) is 0 Å². The van der Waals surface area contributed by atoms with Crippen molar-refractivity contribution < 1.29 is 4.74 Å². The molecule has 2 nitrogen and oxygen atoms in total. The largest absolute Gasteiger partial charge is 0.385 e. The first-order valence-corrected chi connectivity index (χ1v) is 5.99. The highest BCUT2D eigenvalue weighted by atomic mass is 16.5. The summed E-state index contributed by atoms with van der Waals surface area (Å²) in [5.41, 5.74) is 6.78. The van der Waals surface area contributed by atoms with Gasteiger partial charge < -0.3 is 10.5 Å². The van der Waals surface area contributed by atoms with Crippen LogP contribution in [-0.4, -0.2) is 19.8 Å². The summed E-state index contributed by atoms with van der Waals surface area (Å²) in [6.07, 6.45) is 8.94. The molecule has 1 atom stereocenters. The van der Waals surface area contributed by atoms with Crippen LogP contribution in [0.15, 0.2) is 0 Å². The summed E-state index contributed by atoms with van der Waals surface area (Å²) in [4.78, 5) is 0. The van der Waals surface area contributed by atoms with E-state index in [1.54, 1.807) is 7.11 Å². The smallest absolute Gasteiger partial charge is 0.0462 e. The van der Waals surface area contributed by atoms with E-state index in [9.17, 15) is 0 Å². The molecule has 1 aliphatic rings. The van der Waals surface area contributed by atoms with Gasteiger partial charge in [0, 0.05) is 19.8 Å². The Labute approximate surface area is 88.2 Å². The quantitative estimate of drug-likeness (QED) is 0.668. The highest BCUT2D eigenvalue weighted by molar-refractivity contribution is 4.91. The summed E-state index contributed by atoms with van der Waals surface area (Å²) in [5.74, 6) is 0. The van der Waals surface area contributed by atoms with Gasteiger partial charge in [-0.1, -0.05) is 19.8 Å². The molecule has 2 N–H and O–H groups in total. The molecule has 0 saturated heterocycles. The van der Waals surface area contributed by atoms with Crippen LogP contribution in [0.3, 0.4) is 0 Å². The zero-order chi connectivity index (χ0) is 10.4. The molecular formula is C12H25NO. The fourth-order valence-corrected chi connectivity index (χ4v) is 2.82. The first kappa shape index (κ1) is 12.0. The van der Waals surface area contributed by atoms with Crippen molar-refractivity contribution in [1.29, 1.82) is 0 Å². The highest BCUT2D eigenvalue weighted by Crippen LogP contribution is 2.44. The van der Waals surface area contributed by atoms with Gasteiger partial charge in [-0.25, -0.2) is 0 Å². The maximum atomic E-state index is 6.31. The van der Waals surface area contributed by atoms with Gasteiger partial charge in [-0.2, -0.15) is 0 Å². The predicted octanol–water partition coefficient (Wildman–Crippen LogP) is 2.71. The molecule has 1 aliphatic carbocycles. The standard InChI is InChI=1S/C12H25NO/c1-3-12(8-4-5-9-12)11(13)7-6-10-14-2/h11H,3-10,13H2,1-2H3. The Balaban J connectivity index is 2.35. The number of nitrogens with two attached hydrogens (primary N) is 1. The molecule has 0 aromatic rings. The monoisotopic (exact) mass is 199 g/mol. The van der Waals surface area contributed by atoms with Gasteiger partial charge in [-0.05, 0) is 37.5 Å². The molecule has 1 fully saturated rings. The minimum Gasteiger partial charge on any atom is -0.385 e. The molecule has 0 radical (unpaired) electrons. The van der Waals surface area contributed by atoms with Gasteiger partial charge in [0.2, 0.25) is 0 Å².